The van der Waals surface area contributed by atoms with Crippen LogP contribution >= 0.6 is 28.1 Å². The van der Waals surface area contributed by atoms with Gasteiger partial charge < -0.3 is 11.1 Å². The largest absolute Gasteiger partial charge is 0.389 e. The fourth-order valence-electron chi connectivity index (χ4n) is 1.80. The average Bonchev–Trinajstić information content (AvgIpc) is 2.37. The second-order valence-electron chi connectivity index (χ2n) is 4.43. The molecule has 2 aromatic rings. The van der Waals surface area contributed by atoms with Crippen LogP contribution in [0.2, 0.25) is 0 Å². The van der Waals surface area contributed by atoms with E-state index in [4.69, 9.17) is 18.0 Å². The van der Waals surface area contributed by atoms with Gasteiger partial charge in [-0.15, -0.1) is 0 Å². The predicted octanol–water partition coefficient (Wildman–Crippen LogP) is 4.44. The van der Waals surface area contributed by atoms with Crippen molar-refractivity contribution in [2.45, 2.75) is 13.8 Å². The number of halogens is 1. The van der Waals surface area contributed by atoms with E-state index in [-0.39, 0.29) is 0 Å². The van der Waals surface area contributed by atoms with Gasteiger partial charge in [0.25, 0.3) is 0 Å². The van der Waals surface area contributed by atoms with Gasteiger partial charge >= 0.3 is 0 Å². The van der Waals surface area contributed by atoms with Crippen molar-refractivity contribution in [3.05, 3.63) is 57.6 Å². The number of hydrogen-bond acceptors (Lipinski definition) is 2. The van der Waals surface area contributed by atoms with Crippen molar-refractivity contribution < 1.29 is 0 Å². The Morgan fingerprint density at radius 3 is 2.53 bits per heavy atom. The summed E-state index contributed by atoms with van der Waals surface area (Å²) in [4.78, 5) is 0.402. The molecule has 0 aliphatic carbocycles. The van der Waals surface area contributed by atoms with Crippen LogP contribution in [-0.2, 0) is 0 Å². The minimum absolute atomic E-state index is 0.402. The van der Waals surface area contributed by atoms with Crippen molar-refractivity contribution in [1.29, 1.82) is 0 Å². The third-order valence-corrected chi connectivity index (χ3v) is 4.02. The molecule has 0 spiro atoms. The third kappa shape index (κ3) is 3.14. The van der Waals surface area contributed by atoms with E-state index in [0.717, 1.165) is 21.4 Å². The number of nitrogens with two attached hydrogens (primary N) is 1. The monoisotopic (exact) mass is 334 g/mol. The zero-order chi connectivity index (χ0) is 14.0. The summed E-state index contributed by atoms with van der Waals surface area (Å²) < 4.78 is 0.943. The van der Waals surface area contributed by atoms with E-state index in [1.54, 1.807) is 0 Å². The number of anilines is 2. The topological polar surface area (TPSA) is 38.0 Å². The van der Waals surface area contributed by atoms with Crippen LogP contribution in [-0.4, -0.2) is 4.99 Å². The molecule has 0 aromatic heterocycles. The van der Waals surface area contributed by atoms with Gasteiger partial charge in [0.1, 0.15) is 4.99 Å². The lowest BCUT2D eigenvalue weighted by Gasteiger charge is -2.13. The molecule has 2 rings (SSSR count). The van der Waals surface area contributed by atoms with Crippen molar-refractivity contribution in [2.75, 3.05) is 5.32 Å². The maximum Gasteiger partial charge on any atom is 0.104 e. The van der Waals surface area contributed by atoms with Crippen molar-refractivity contribution in [2.24, 2.45) is 5.73 Å². The lowest BCUT2D eigenvalue weighted by molar-refractivity contribution is 1.33. The Morgan fingerprint density at radius 1 is 1.16 bits per heavy atom. The van der Waals surface area contributed by atoms with Gasteiger partial charge in [-0.05, 0) is 65.2 Å². The smallest absolute Gasteiger partial charge is 0.104 e. The zero-order valence-corrected chi connectivity index (χ0v) is 13.2. The van der Waals surface area contributed by atoms with Crippen LogP contribution in [0.4, 0.5) is 11.4 Å². The standard InChI is InChI=1S/C15H15BrN2S/c1-9-4-3-5-13(10(9)2)18-14-7-6-11(15(17)19)8-12(14)16/h3-8,18H,1-2H3,(H2,17,19). The summed E-state index contributed by atoms with van der Waals surface area (Å²) in [5.74, 6) is 0. The molecule has 0 radical (unpaired) electrons. The lowest BCUT2D eigenvalue weighted by atomic mass is 10.1. The Labute approximate surface area is 127 Å². The van der Waals surface area contributed by atoms with Crippen LogP contribution < -0.4 is 11.1 Å². The van der Waals surface area contributed by atoms with Crippen LogP contribution in [0.1, 0.15) is 16.7 Å². The van der Waals surface area contributed by atoms with Gasteiger partial charge in [-0.25, -0.2) is 0 Å². The number of rotatable bonds is 3. The number of nitrogens with one attached hydrogen (secondary N) is 1. The van der Waals surface area contributed by atoms with E-state index in [9.17, 15) is 0 Å². The molecule has 2 aromatic carbocycles. The molecule has 3 N–H and O–H groups in total. The van der Waals surface area contributed by atoms with Crippen molar-refractivity contribution in [1.82, 2.24) is 0 Å². The minimum Gasteiger partial charge on any atom is -0.389 e. The molecule has 0 saturated heterocycles. The number of benzene rings is 2. The van der Waals surface area contributed by atoms with Gasteiger partial charge in [0.2, 0.25) is 0 Å². The first-order valence-corrected chi connectivity index (χ1v) is 7.12. The number of hydrogen-bond donors (Lipinski definition) is 2. The van der Waals surface area contributed by atoms with Gasteiger partial charge in [-0.1, -0.05) is 24.4 Å². The highest BCUT2D eigenvalue weighted by molar-refractivity contribution is 9.10. The van der Waals surface area contributed by atoms with Crippen LogP contribution in [0, 0.1) is 13.8 Å². The van der Waals surface area contributed by atoms with E-state index in [1.807, 2.05) is 24.3 Å². The first-order valence-electron chi connectivity index (χ1n) is 5.91. The maximum absolute atomic E-state index is 5.62. The Balaban J connectivity index is 2.34. The summed E-state index contributed by atoms with van der Waals surface area (Å²) in [6.45, 7) is 4.21. The van der Waals surface area contributed by atoms with Gasteiger partial charge in [0.15, 0.2) is 0 Å². The van der Waals surface area contributed by atoms with Gasteiger partial charge in [-0.3, -0.25) is 0 Å². The summed E-state index contributed by atoms with van der Waals surface area (Å²) in [5.41, 5.74) is 11.1. The van der Waals surface area contributed by atoms with Crippen molar-refractivity contribution >= 4 is 44.5 Å². The highest BCUT2D eigenvalue weighted by Gasteiger charge is 2.06. The normalized spacial score (nSPS) is 10.3. The zero-order valence-electron chi connectivity index (χ0n) is 10.8. The molecule has 0 amide bonds. The predicted molar refractivity (Wildman–Crippen MR) is 89.2 cm³/mol. The summed E-state index contributed by atoms with van der Waals surface area (Å²) in [7, 11) is 0. The minimum atomic E-state index is 0.402. The molecule has 0 bridgehead atoms. The van der Waals surface area contributed by atoms with Crippen LogP contribution in [0.3, 0.4) is 0 Å². The molecule has 0 heterocycles. The molecular weight excluding hydrogens is 320 g/mol. The molecule has 0 aliphatic rings. The van der Waals surface area contributed by atoms with Gasteiger partial charge in [0, 0.05) is 15.7 Å². The Kier molecular flexibility index (Phi) is 4.22. The molecule has 0 atom stereocenters. The first kappa shape index (κ1) is 14.0. The fourth-order valence-corrected chi connectivity index (χ4v) is 2.41. The second kappa shape index (κ2) is 5.72. The molecule has 0 fully saturated rings. The molecule has 98 valence electrons. The summed E-state index contributed by atoms with van der Waals surface area (Å²) in [5, 5.41) is 3.42. The molecule has 0 aliphatic heterocycles. The van der Waals surface area contributed by atoms with E-state index >= 15 is 0 Å². The average molecular weight is 335 g/mol. The SMILES string of the molecule is Cc1cccc(Nc2ccc(C(N)=S)cc2Br)c1C. The Bertz CT molecular complexity index is 638. The van der Waals surface area contributed by atoms with E-state index in [2.05, 4.69) is 47.2 Å². The van der Waals surface area contributed by atoms with Crippen molar-refractivity contribution in [3.63, 3.8) is 0 Å². The molecular formula is C15H15BrN2S. The summed E-state index contributed by atoms with van der Waals surface area (Å²) >= 11 is 8.51. The van der Waals surface area contributed by atoms with Crippen LogP contribution in [0.25, 0.3) is 0 Å². The van der Waals surface area contributed by atoms with E-state index in [1.165, 1.54) is 11.1 Å². The third-order valence-electron chi connectivity index (χ3n) is 3.13. The number of aryl methyl sites for hydroxylation is 1. The van der Waals surface area contributed by atoms with E-state index in [0.29, 0.717) is 4.99 Å². The van der Waals surface area contributed by atoms with Crippen LogP contribution in [0.15, 0.2) is 40.9 Å². The van der Waals surface area contributed by atoms with Crippen LogP contribution in [0.5, 0.6) is 0 Å². The highest BCUT2D eigenvalue weighted by Crippen LogP contribution is 2.29. The van der Waals surface area contributed by atoms with Gasteiger partial charge in [-0.2, -0.15) is 0 Å². The molecule has 4 heteroatoms. The fraction of sp³-hybridized carbons (Fsp3) is 0.133. The Morgan fingerprint density at radius 2 is 1.89 bits per heavy atom. The highest BCUT2D eigenvalue weighted by atomic mass is 79.9. The molecule has 2 nitrogen and oxygen atoms in total. The first-order chi connectivity index (χ1) is 8.99. The van der Waals surface area contributed by atoms with Crippen molar-refractivity contribution in [3.8, 4) is 0 Å². The summed E-state index contributed by atoms with van der Waals surface area (Å²) in [6.07, 6.45) is 0. The second-order valence-corrected chi connectivity index (χ2v) is 5.73. The maximum atomic E-state index is 5.62. The number of thiocarbonyl (C=S) groups is 1. The Hall–Kier alpha value is -1.39. The van der Waals surface area contributed by atoms with Gasteiger partial charge in [0.05, 0.1) is 5.69 Å². The molecule has 0 saturated carbocycles. The molecule has 0 unspecified atom stereocenters. The summed E-state index contributed by atoms with van der Waals surface area (Å²) in [6, 6.07) is 12.0. The quantitative estimate of drug-likeness (QED) is 0.814. The lowest BCUT2D eigenvalue weighted by Crippen LogP contribution is -2.09. The van der Waals surface area contributed by atoms with E-state index < -0.39 is 0 Å². The molecule has 19 heavy (non-hydrogen) atoms.